The number of hydrogen-bond acceptors (Lipinski definition) is 3. The van der Waals surface area contributed by atoms with E-state index in [4.69, 9.17) is 10.5 Å². The van der Waals surface area contributed by atoms with Crippen molar-refractivity contribution in [3.05, 3.63) is 23.8 Å². The normalized spacial score (nSPS) is 14.5. The average Bonchev–Trinajstić information content (AvgIpc) is 2.35. The van der Waals surface area contributed by atoms with Crippen LogP contribution in [0, 0.1) is 0 Å². The van der Waals surface area contributed by atoms with Crippen LogP contribution in [0.4, 0.5) is 5.69 Å². The number of nitrogens with two attached hydrogens (primary N) is 1. The molecular weight excluding hydrogens is 200 g/mol. The monoisotopic (exact) mass is 220 g/mol. The first-order valence-electron chi connectivity index (χ1n) is 6.06. The Bertz CT molecular complexity index is 352. The van der Waals surface area contributed by atoms with Gasteiger partial charge in [-0.1, -0.05) is 19.4 Å². The van der Waals surface area contributed by atoms with Crippen molar-refractivity contribution >= 4 is 5.69 Å². The van der Waals surface area contributed by atoms with Crippen molar-refractivity contribution in [1.82, 2.24) is 0 Å². The first-order valence-corrected chi connectivity index (χ1v) is 6.06. The van der Waals surface area contributed by atoms with Crippen LogP contribution in [-0.4, -0.2) is 19.7 Å². The molecule has 2 N–H and O–H groups in total. The molecule has 0 spiro atoms. The molecule has 0 aromatic heterocycles. The van der Waals surface area contributed by atoms with Crippen molar-refractivity contribution in [3.63, 3.8) is 0 Å². The molecule has 0 unspecified atom stereocenters. The summed E-state index contributed by atoms with van der Waals surface area (Å²) in [5, 5.41) is 0. The lowest BCUT2D eigenvalue weighted by Gasteiger charge is -2.31. The molecule has 3 heteroatoms. The fraction of sp³-hybridized carbons (Fsp3) is 0.538. The Balaban J connectivity index is 2.18. The maximum absolute atomic E-state index is 5.68. The second-order valence-corrected chi connectivity index (χ2v) is 4.20. The highest BCUT2D eigenvalue weighted by Gasteiger charge is 2.17. The van der Waals surface area contributed by atoms with E-state index in [1.54, 1.807) is 0 Å². The van der Waals surface area contributed by atoms with Crippen LogP contribution in [0.5, 0.6) is 5.75 Å². The van der Waals surface area contributed by atoms with Gasteiger partial charge in [-0.15, -0.1) is 0 Å². The van der Waals surface area contributed by atoms with Gasteiger partial charge in [0.1, 0.15) is 12.4 Å². The maximum atomic E-state index is 5.68. The van der Waals surface area contributed by atoms with Crippen molar-refractivity contribution in [2.45, 2.75) is 26.3 Å². The lowest BCUT2D eigenvalue weighted by Crippen LogP contribution is -2.33. The summed E-state index contributed by atoms with van der Waals surface area (Å²) in [5.41, 5.74) is 7.98. The van der Waals surface area contributed by atoms with Crippen LogP contribution >= 0.6 is 0 Å². The molecule has 1 heterocycles. The highest BCUT2D eigenvalue weighted by molar-refractivity contribution is 5.61. The molecule has 0 fully saturated rings. The summed E-state index contributed by atoms with van der Waals surface area (Å²) in [6.07, 6.45) is 2.46. The number of benzene rings is 1. The van der Waals surface area contributed by atoms with E-state index in [9.17, 15) is 0 Å². The largest absolute Gasteiger partial charge is 0.490 e. The lowest BCUT2D eigenvalue weighted by atomic mass is 10.1. The van der Waals surface area contributed by atoms with E-state index in [1.165, 1.54) is 18.5 Å². The number of ether oxygens (including phenoxy) is 1. The van der Waals surface area contributed by atoms with Crippen LogP contribution in [0.25, 0.3) is 0 Å². The van der Waals surface area contributed by atoms with E-state index in [1.807, 2.05) is 0 Å². The molecule has 16 heavy (non-hydrogen) atoms. The second kappa shape index (κ2) is 5.21. The first-order chi connectivity index (χ1) is 7.85. The quantitative estimate of drug-likeness (QED) is 0.845. The molecule has 0 saturated carbocycles. The van der Waals surface area contributed by atoms with Crippen molar-refractivity contribution in [3.8, 4) is 5.75 Å². The van der Waals surface area contributed by atoms with Gasteiger partial charge in [0.25, 0.3) is 0 Å². The summed E-state index contributed by atoms with van der Waals surface area (Å²) in [5.74, 6) is 0.991. The molecule has 0 aliphatic carbocycles. The Morgan fingerprint density at radius 3 is 3.06 bits per heavy atom. The first kappa shape index (κ1) is 11.3. The van der Waals surface area contributed by atoms with Crippen LogP contribution in [-0.2, 0) is 6.54 Å². The van der Waals surface area contributed by atoms with E-state index in [0.717, 1.165) is 31.0 Å². The summed E-state index contributed by atoms with van der Waals surface area (Å²) >= 11 is 0. The Morgan fingerprint density at radius 2 is 2.31 bits per heavy atom. The summed E-state index contributed by atoms with van der Waals surface area (Å²) in [7, 11) is 0. The summed E-state index contributed by atoms with van der Waals surface area (Å²) in [4.78, 5) is 2.41. The van der Waals surface area contributed by atoms with Crippen molar-refractivity contribution in [2.24, 2.45) is 5.73 Å². The van der Waals surface area contributed by atoms with Gasteiger partial charge in [0.15, 0.2) is 0 Å². The van der Waals surface area contributed by atoms with Gasteiger partial charge in [0.2, 0.25) is 0 Å². The number of unbranched alkanes of at least 4 members (excludes halogenated alkanes) is 1. The SMILES string of the molecule is CCCCN1CCOc2cc(CN)ccc21. The lowest BCUT2D eigenvalue weighted by molar-refractivity contribution is 0.306. The van der Waals surface area contributed by atoms with Gasteiger partial charge < -0.3 is 15.4 Å². The van der Waals surface area contributed by atoms with Gasteiger partial charge in [0.05, 0.1) is 12.2 Å². The van der Waals surface area contributed by atoms with Crippen LogP contribution in [0.2, 0.25) is 0 Å². The smallest absolute Gasteiger partial charge is 0.143 e. The number of anilines is 1. The molecule has 0 radical (unpaired) electrons. The minimum atomic E-state index is 0.575. The molecule has 1 aliphatic heterocycles. The van der Waals surface area contributed by atoms with Crippen LogP contribution in [0.3, 0.4) is 0 Å². The molecule has 0 atom stereocenters. The second-order valence-electron chi connectivity index (χ2n) is 4.20. The van der Waals surface area contributed by atoms with Crippen LogP contribution in [0.1, 0.15) is 25.3 Å². The van der Waals surface area contributed by atoms with Gasteiger partial charge >= 0.3 is 0 Å². The summed E-state index contributed by atoms with van der Waals surface area (Å²) in [6.45, 7) is 5.69. The van der Waals surface area contributed by atoms with Crippen LogP contribution in [0.15, 0.2) is 18.2 Å². The molecular formula is C13H20N2O. The number of hydrogen-bond donors (Lipinski definition) is 1. The average molecular weight is 220 g/mol. The third kappa shape index (κ3) is 2.30. The van der Waals surface area contributed by atoms with Gasteiger partial charge in [-0.05, 0) is 24.1 Å². The molecule has 2 rings (SSSR count). The Hall–Kier alpha value is -1.22. The standard InChI is InChI=1S/C13H20N2O/c1-2-3-6-15-7-8-16-13-9-11(10-14)4-5-12(13)15/h4-5,9H,2-3,6-8,10,14H2,1H3. The van der Waals surface area contributed by atoms with Crippen molar-refractivity contribution in [1.29, 1.82) is 0 Å². The van der Waals surface area contributed by atoms with Crippen molar-refractivity contribution in [2.75, 3.05) is 24.6 Å². The maximum Gasteiger partial charge on any atom is 0.143 e. The highest BCUT2D eigenvalue weighted by Crippen LogP contribution is 2.32. The van der Waals surface area contributed by atoms with E-state index in [2.05, 4.69) is 30.0 Å². The molecule has 0 bridgehead atoms. The zero-order chi connectivity index (χ0) is 11.4. The van der Waals surface area contributed by atoms with Gasteiger partial charge in [-0.2, -0.15) is 0 Å². The van der Waals surface area contributed by atoms with Crippen LogP contribution < -0.4 is 15.4 Å². The molecule has 1 aliphatic rings. The molecule has 1 aromatic rings. The fourth-order valence-electron chi connectivity index (χ4n) is 2.03. The Labute approximate surface area is 97.2 Å². The highest BCUT2D eigenvalue weighted by atomic mass is 16.5. The predicted octanol–water partition coefficient (Wildman–Crippen LogP) is 2.14. The number of rotatable bonds is 4. The Kier molecular flexibility index (Phi) is 3.67. The topological polar surface area (TPSA) is 38.5 Å². The third-order valence-corrected chi connectivity index (χ3v) is 3.00. The van der Waals surface area contributed by atoms with E-state index >= 15 is 0 Å². The molecule has 88 valence electrons. The summed E-state index contributed by atoms with van der Waals surface area (Å²) < 4.78 is 5.68. The van der Waals surface area contributed by atoms with Gasteiger partial charge in [0, 0.05) is 13.1 Å². The minimum absolute atomic E-state index is 0.575. The number of fused-ring (bicyclic) bond motifs is 1. The molecule has 0 amide bonds. The fourth-order valence-corrected chi connectivity index (χ4v) is 2.03. The van der Waals surface area contributed by atoms with E-state index < -0.39 is 0 Å². The summed E-state index contributed by atoms with van der Waals surface area (Å²) in [6, 6.07) is 6.28. The Morgan fingerprint density at radius 1 is 1.44 bits per heavy atom. The third-order valence-electron chi connectivity index (χ3n) is 3.00. The van der Waals surface area contributed by atoms with E-state index in [0.29, 0.717) is 6.54 Å². The predicted molar refractivity (Wildman–Crippen MR) is 66.9 cm³/mol. The molecule has 3 nitrogen and oxygen atoms in total. The number of nitrogens with zero attached hydrogens (tertiary/aromatic N) is 1. The zero-order valence-corrected chi connectivity index (χ0v) is 9.91. The van der Waals surface area contributed by atoms with Gasteiger partial charge in [-0.3, -0.25) is 0 Å². The zero-order valence-electron chi connectivity index (χ0n) is 9.91. The van der Waals surface area contributed by atoms with Crippen molar-refractivity contribution < 1.29 is 4.74 Å². The van der Waals surface area contributed by atoms with Gasteiger partial charge in [-0.25, -0.2) is 0 Å². The molecule has 0 saturated heterocycles. The minimum Gasteiger partial charge on any atom is -0.490 e. The van der Waals surface area contributed by atoms with E-state index in [-0.39, 0.29) is 0 Å². The molecule has 1 aromatic carbocycles.